The van der Waals surface area contributed by atoms with Gasteiger partial charge in [-0.1, -0.05) is 34.8 Å². The van der Waals surface area contributed by atoms with Crippen molar-refractivity contribution in [3.05, 3.63) is 56.5 Å². The Labute approximate surface area is 138 Å². The van der Waals surface area contributed by atoms with E-state index in [-0.39, 0.29) is 20.7 Å². The first kappa shape index (κ1) is 16.4. The van der Waals surface area contributed by atoms with Crippen LogP contribution < -0.4 is 4.18 Å². The third-order valence-corrected chi connectivity index (χ3v) is 5.36. The van der Waals surface area contributed by atoms with E-state index in [2.05, 4.69) is 0 Å². The van der Waals surface area contributed by atoms with E-state index in [1.807, 2.05) is 0 Å². The molecule has 0 bridgehead atoms. The largest absolute Gasteiger partial charge is 0.379 e. The van der Waals surface area contributed by atoms with E-state index in [1.54, 1.807) is 26.0 Å². The van der Waals surface area contributed by atoms with Crippen LogP contribution in [-0.4, -0.2) is 8.42 Å². The quantitative estimate of drug-likeness (QED) is 0.716. The summed E-state index contributed by atoms with van der Waals surface area (Å²) in [6.07, 6.45) is 0. The Morgan fingerprint density at radius 3 is 2.10 bits per heavy atom. The van der Waals surface area contributed by atoms with Crippen molar-refractivity contribution in [1.29, 1.82) is 0 Å². The topological polar surface area (TPSA) is 43.4 Å². The predicted octanol–water partition coefficient (Wildman–Crippen LogP) is 5.03. The Kier molecular flexibility index (Phi) is 4.73. The molecule has 0 saturated carbocycles. The summed E-state index contributed by atoms with van der Waals surface area (Å²) in [4.78, 5) is -0.0236. The molecule has 3 nitrogen and oxygen atoms in total. The van der Waals surface area contributed by atoms with Crippen molar-refractivity contribution in [2.45, 2.75) is 18.7 Å². The van der Waals surface area contributed by atoms with Crippen molar-refractivity contribution < 1.29 is 12.6 Å². The van der Waals surface area contributed by atoms with E-state index in [9.17, 15) is 8.42 Å². The summed E-state index contributed by atoms with van der Waals surface area (Å²) < 4.78 is 29.8. The Balaban J connectivity index is 2.43. The summed E-state index contributed by atoms with van der Waals surface area (Å²) in [5, 5.41) is 0.970. The molecule has 0 fully saturated rings. The maximum Gasteiger partial charge on any atom is 0.339 e. The Morgan fingerprint density at radius 2 is 1.48 bits per heavy atom. The molecule has 0 aliphatic heterocycles. The molecule has 0 amide bonds. The minimum Gasteiger partial charge on any atom is -0.379 e. The Bertz CT molecular complexity index is 801. The van der Waals surface area contributed by atoms with Crippen molar-refractivity contribution in [3.63, 3.8) is 0 Å². The third kappa shape index (κ3) is 3.64. The summed E-state index contributed by atoms with van der Waals surface area (Å²) in [5.74, 6) is 0.183. The van der Waals surface area contributed by atoms with Gasteiger partial charge in [0, 0.05) is 5.02 Å². The van der Waals surface area contributed by atoms with Gasteiger partial charge in [0.1, 0.15) is 10.6 Å². The smallest absolute Gasteiger partial charge is 0.339 e. The van der Waals surface area contributed by atoms with E-state index in [0.29, 0.717) is 10.6 Å². The van der Waals surface area contributed by atoms with E-state index < -0.39 is 10.1 Å². The first-order valence-corrected chi connectivity index (χ1v) is 8.41. The minimum atomic E-state index is -4.00. The molecule has 7 heteroatoms. The zero-order chi connectivity index (χ0) is 15.8. The molecule has 2 rings (SSSR count). The standard InChI is InChI=1S/C14H11Cl3O3S/c1-8-5-10(3-4-11(8)15)20-21(18,19)14-7-13(17)12(16)6-9(14)2/h3-7H,1-2H3. The van der Waals surface area contributed by atoms with Crippen LogP contribution in [0.15, 0.2) is 35.2 Å². The summed E-state index contributed by atoms with van der Waals surface area (Å²) >= 11 is 17.6. The average Bonchev–Trinajstić information content (AvgIpc) is 2.37. The summed E-state index contributed by atoms with van der Waals surface area (Å²) in [6.45, 7) is 3.37. The lowest BCUT2D eigenvalue weighted by molar-refractivity contribution is 0.485. The fourth-order valence-corrected chi connectivity index (χ4v) is 3.46. The fourth-order valence-electron chi connectivity index (χ4n) is 1.74. The second-order valence-electron chi connectivity index (χ2n) is 4.48. The number of rotatable bonds is 3. The second kappa shape index (κ2) is 6.05. The van der Waals surface area contributed by atoms with Crippen LogP contribution in [0.2, 0.25) is 15.1 Å². The number of hydrogen-bond acceptors (Lipinski definition) is 3. The monoisotopic (exact) mass is 364 g/mol. The van der Waals surface area contributed by atoms with Crippen molar-refractivity contribution in [2.75, 3.05) is 0 Å². The third-order valence-electron chi connectivity index (χ3n) is 2.82. The molecule has 0 aromatic heterocycles. The van der Waals surface area contributed by atoms with Crippen LogP contribution in [0.25, 0.3) is 0 Å². The van der Waals surface area contributed by atoms with Gasteiger partial charge in [-0.3, -0.25) is 0 Å². The van der Waals surface area contributed by atoms with Gasteiger partial charge in [0.25, 0.3) is 0 Å². The highest BCUT2D eigenvalue weighted by Crippen LogP contribution is 2.30. The molecule has 0 spiro atoms. The van der Waals surface area contributed by atoms with Gasteiger partial charge in [-0.2, -0.15) is 8.42 Å². The highest BCUT2D eigenvalue weighted by molar-refractivity contribution is 7.87. The molecule has 0 N–H and O–H groups in total. The van der Waals surface area contributed by atoms with Gasteiger partial charge in [0.05, 0.1) is 10.0 Å². The zero-order valence-corrected chi connectivity index (χ0v) is 14.2. The Hall–Kier alpha value is -0.940. The highest BCUT2D eigenvalue weighted by Gasteiger charge is 2.21. The minimum absolute atomic E-state index is 0.0236. The Morgan fingerprint density at radius 1 is 0.857 bits per heavy atom. The maximum absolute atomic E-state index is 12.3. The van der Waals surface area contributed by atoms with Gasteiger partial charge in [0.2, 0.25) is 0 Å². The molecular weight excluding hydrogens is 355 g/mol. The molecule has 2 aromatic carbocycles. The van der Waals surface area contributed by atoms with Crippen LogP contribution in [0.4, 0.5) is 0 Å². The molecule has 0 atom stereocenters. The van der Waals surface area contributed by atoms with Gasteiger partial charge >= 0.3 is 10.1 Å². The summed E-state index contributed by atoms with van der Waals surface area (Å²) in [5.41, 5.74) is 1.17. The fraction of sp³-hybridized carbons (Fsp3) is 0.143. The first-order chi connectivity index (χ1) is 9.70. The van der Waals surface area contributed by atoms with Crippen molar-refractivity contribution >= 4 is 44.9 Å². The van der Waals surface area contributed by atoms with Crippen molar-refractivity contribution in [1.82, 2.24) is 0 Å². The van der Waals surface area contributed by atoms with Gasteiger partial charge in [-0.15, -0.1) is 0 Å². The number of benzene rings is 2. The number of halogens is 3. The lowest BCUT2D eigenvalue weighted by Gasteiger charge is -2.11. The molecular formula is C14H11Cl3O3S. The molecule has 0 saturated heterocycles. The molecule has 112 valence electrons. The van der Waals surface area contributed by atoms with Gasteiger partial charge in [-0.05, 0) is 55.3 Å². The molecule has 0 radical (unpaired) electrons. The van der Waals surface area contributed by atoms with Crippen LogP contribution >= 0.6 is 34.8 Å². The lowest BCUT2D eigenvalue weighted by atomic mass is 10.2. The van der Waals surface area contributed by atoms with Crippen LogP contribution in [0.3, 0.4) is 0 Å². The van der Waals surface area contributed by atoms with E-state index in [4.69, 9.17) is 39.0 Å². The second-order valence-corrected chi connectivity index (χ2v) is 7.22. The first-order valence-electron chi connectivity index (χ1n) is 5.87. The lowest BCUT2D eigenvalue weighted by Crippen LogP contribution is -2.11. The highest BCUT2D eigenvalue weighted by atomic mass is 35.5. The molecule has 0 aliphatic carbocycles. The molecule has 0 unspecified atom stereocenters. The summed E-state index contributed by atoms with van der Waals surface area (Å²) in [7, 11) is -4.00. The molecule has 0 aliphatic rings. The number of hydrogen-bond donors (Lipinski definition) is 0. The van der Waals surface area contributed by atoms with E-state index >= 15 is 0 Å². The molecule has 0 heterocycles. The average molecular weight is 366 g/mol. The van der Waals surface area contributed by atoms with Gasteiger partial charge in [-0.25, -0.2) is 0 Å². The summed E-state index contributed by atoms with van der Waals surface area (Å²) in [6, 6.07) is 7.36. The zero-order valence-electron chi connectivity index (χ0n) is 11.2. The van der Waals surface area contributed by atoms with Crippen molar-refractivity contribution in [3.8, 4) is 5.75 Å². The van der Waals surface area contributed by atoms with Crippen LogP contribution in [-0.2, 0) is 10.1 Å². The van der Waals surface area contributed by atoms with Gasteiger partial charge < -0.3 is 4.18 Å². The van der Waals surface area contributed by atoms with Crippen molar-refractivity contribution in [2.24, 2.45) is 0 Å². The number of aryl methyl sites for hydroxylation is 2. The van der Waals surface area contributed by atoms with Crippen LogP contribution in [0.1, 0.15) is 11.1 Å². The van der Waals surface area contributed by atoms with E-state index in [1.165, 1.54) is 18.2 Å². The van der Waals surface area contributed by atoms with Crippen LogP contribution in [0.5, 0.6) is 5.75 Å². The van der Waals surface area contributed by atoms with Gasteiger partial charge in [0.15, 0.2) is 0 Å². The maximum atomic E-state index is 12.3. The normalized spacial score (nSPS) is 11.5. The predicted molar refractivity (Wildman–Crippen MR) is 85.2 cm³/mol. The van der Waals surface area contributed by atoms with E-state index in [0.717, 1.165) is 5.56 Å². The van der Waals surface area contributed by atoms with Crippen LogP contribution in [0, 0.1) is 13.8 Å². The SMILES string of the molecule is Cc1cc(OS(=O)(=O)c2cc(Cl)c(Cl)cc2C)ccc1Cl. The molecule has 21 heavy (non-hydrogen) atoms. The molecule has 2 aromatic rings.